The predicted octanol–water partition coefficient (Wildman–Crippen LogP) is 2.86. The van der Waals surface area contributed by atoms with E-state index in [1.165, 1.54) is 16.7 Å². The first-order valence-electron chi connectivity index (χ1n) is 13.6. The number of hydrogen-bond acceptors (Lipinski definition) is 8. The summed E-state index contributed by atoms with van der Waals surface area (Å²) in [4.78, 5) is 28.6. The molecule has 0 bridgehead atoms. The summed E-state index contributed by atoms with van der Waals surface area (Å²) in [6.07, 6.45) is 8.36. The highest BCUT2D eigenvalue weighted by Crippen LogP contribution is 2.42. The smallest absolute Gasteiger partial charge is 0.222 e. The number of nitrogens with one attached hydrogen (secondary N) is 1. The number of anilines is 3. The molecule has 1 atom stereocenters. The van der Waals surface area contributed by atoms with Crippen molar-refractivity contribution < 1.29 is 14.9 Å². The molecule has 1 amide bonds. The lowest BCUT2D eigenvalue weighted by molar-refractivity contribution is -0.133. The number of hydrogen-bond donors (Lipinski definition) is 3. The van der Waals surface area contributed by atoms with Crippen LogP contribution < -0.4 is 21.2 Å². The summed E-state index contributed by atoms with van der Waals surface area (Å²) in [5, 5.41) is 10.4. The van der Waals surface area contributed by atoms with Gasteiger partial charge in [0.05, 0.1) is 23.2 Å². The Kier molecular flexibility index (Phi) is 8.84. The number of thiophene rings is 1. The van der Waals surface area contributed by atoms with Gasteiger partial charge in [0.15, 0.2) is 6.21 Å². The van der Waals surface area contributed by atoms with Gasteiger partial charge < -0.3 is 25.6 Å². The fourth-order valence-electron chi connectivity index (χ4n) is 5.40. The molecule has 0 saturated carbocycles. The molecule has 1 saturated heterocycles. The zero-order valence-electron chi connectivity index (χ0n) is 22.4. The van der Waals surface area contributed by atoms with Gasteiger partial charge in [-0.2, -0.15) is 0 Å². The quantitative estimate of drug-likeness (QED) is 0.148. The number of aromatic nitrogens is 2. The number of carbonyl (C=O) groups is 1. The number of aryl methyl sites for hydroxylation is 1. The highest BCUT2D eigenvalue weighted by atomic mass is 35.5. The minimum atomic E-state index is 0.296. The van der Waals surface area contributed by atoms with E-state index in [0.717, 1.165) is 80.0 Å². The molecule has 1 aromatic carbocycles. The van der Waals surface area contributed by atoms with Crippen LogP contribution in [0.1, 0.15) is 41.7 Å². The normalized spacial score (nSPS) is 17.7. The van der Waals surface area contributed by atoms with Crippen molar-refractivity contribution in [2.75, 3.05) is 56.8 Å². The maximum absolute atomic E-state index is 12.8. The van der Waals surface area contributed by atoms with Crippen molar-refractivity contribution >= 4 is 62.5 Å². The zero-order valence-corrected chi connectivity index (χ0v) is 24.0. The van der Waals surface area contributed by atoms with Gasteiger partial charge >= 0.3 is 0 Å². The Balaban J connectivity index is 1.32. The lowest BCUT2D eigenvalue weighted by Crippen LogP contribution is -2.47. The number of halogens is 1. The number of piperazine rings is 1. The van der Waals surface area contributed by atoms with Crippen LogP contribution in [0.5, 0.6) is 5.75 Å². The van der Waals surface area contributed by atoms with Crippen LogP contribution >= 0.6 is 22.9 Å². The highest BCUT2D eigenvalue weighted by molar-refractivity contribution is 7.19. The molecule has 9 nitrogen and oxygen atoms in total. The number of alkyl halides is 1. The lowest BCUT2D eigenvalue weighted by atomic mass is 9.85. The Morgan fingerprint density at radius 2 is 2.13 bits per heavy atom. The van der Waals surface area contributed by atoms with Gasteiger partial charge in [-0.1, -0.05) is 0 Å². The van der Waals surface area contributed by atoms with E-state index in [2.05, 4.69) is 27.2 Å². The summed E-state index contributed by atoms with van der Waals surface area (Å²) in [5.74, 6) is 2.70. The summed E-state index contributed by atoms with van der Waals surface area (Å²) in [6, 6.07) is 3.66. The third-order valence-electron chi connectivity index (χ3n) is 7.72. The molecule has 3 aromatic rings. The molecule has 1 aliphatic carbocycles. The number of fused-ring (bicyclic) bond motifs is 3. The molecule has 1 aliphatic heterocycles. The molecule has 208 valence electrons. The van der Waals surface area contributed by atoms with Gasteiger partial charge in [0, 0.05) is 55.1 Å². The van der Waals surface area contributed by atoms with Crippen LogP contribution in [0.15, 0.2) is 18.5 Å². The number of carbonyl (C=O) groups excluding carboxylic acids is 1. The van der Waals surface area contributed by atoms with E-state index >= 15 is 0 Å². The molecule has 1 unspecified atom stereocenters. The molecule has 5 N–H and O–H groups in total. The van der Waals surface area contributed by atoms with Crippen molar-refractivity contribution in [1.82, 2.24) is 19.8 Å². The molecule has 1 fully saturated rings. The van der Waals surface area contributed by atoms with Crippen LogP contribution in [-0.4, -0.2) is 77.6 Å². The second-order valence-corrected chi connectivity index (χ2v) is 11.9. The first kappa shape index (κ1) is 27.6. The van der Waals surface area contributed by atoms with E-state index in [1.54, 1.807) is 23.7 Å². The minimum Gasteiger partial charge on any atom is -0.491 e. The van der Waals surface area contributed by atoms with Crippen LogP contribution in [-0.2, 0) is 17.6 Å². The highest BCUT2D eigenvalue weighted by Gasteiger charge is 2.27. The van der Waals surface area contributed by atoms with Gasteiger partial charge in [-0.3, -0.25) is 10.2 Å². The van der Waals surface area contributed by atoms with E-state index in [1.807, 2.05) is 11.0 Å². The minimum absolute atomic E-state index is 0.296. The summed E-state index contributed by atoms with van der Waals surface area (Å²) >= 11 is 7.58. The summed E-state index contributed by atoms with van der Waals surface area (Å²) in [6.45, 7) is 4.08. The maximum atomic E-state index is 12.8. The molecule has 3 heterocycles. The Hall–Kier alpha value is -2.95. The fraction of sp³-hybridized carbons (Fsp3) is 0.500. The van der Waals surface area contributed by atoms with Crippen molar-refractivity contribution in [3.63, 3.8) is 0 Å². The SMILES string of the molecule is CN1CCN(C(=O)CCC2CCc3c(sc4ncnc(Nc5cc(C=[NH2+])c(N)cc5OCCCCl)c34)C2)CC1. The molecule has 2 aliphatic rings. The average Bonchev–Trinajstić information content (AvgIpc) is 3.32. The van der Waals surface area contributed by atoms with Crippen molar-refractivity contribution in [1.29, 1.82) is 0 Å². The Morgan fingerprint density at radius 1 is 1.31 bits per heavy atom. The van der Waals surface area contributed by atoms with Crippen molar-refractivity contribution in [3.05, 3.63) is 34.5 Å². The number of nitrogen functional groups attached to an aromatic ring is 1. The molecule has 0 radical (unpaired) electrons. The third kappa shape index (κ3) is 6.28. The van der Waals surface area contributed by atoms with Crippen molar-refractivity contribution in [2.24, 2.45) is 5.92 Å². The number of likely N-dealkylation sites (N-methyl/N-ethyl adjacent to an activating group) is 1. The van der Waals surface area contributed by atoms with E-state index in [9.17, 15) is 4.79 Å². The predicted molar refractivity (Wildman–Crippen MR) is 158 cm³/mol. The molecule has 39 heavy (non-hydrogen) atoms. The van der Waals surface area contributed by atoms with Crippen LogP contribution in [0.4, 0.5) is 17.2 Å². The zero-order chi connectivity index (χ0) is 27.4. The molecule has 11 heteroatoms. The number of amides is 1. The molecule has 0 spiro atoms. The number of ether oxygens (including phenoxy) is 1. The van der Waals surface area contributed by atoms with Gasteiger partial charge in [0.1, 0.15) is 22.7 Å². The number of nitrogens with zero attached hydrogens (tertiary/aromatic N) is 4. The Bertz CT molecular complexity index is 1340. The number of benzene rings is 1. The summed E-state index contributed by atoms with van der Waals surface area (Å²) < 4.78 is 5.99. The van der Waals surface area contributed by atoms with Gasteiger partial charge in [0.2, 0.25) is 5.91 Å². The number of nitrogens with two attached hydrogens (primary N) is 2. The van der Waals surface area contributed by atoms with E-state index < -0.39 is 0 Å². The molecular formula is C28H37ClN7O2S+. The van der Waals surface area contributed by atoms with Gasteiger partial charge in [-0.15, -0.1) is 22.9 Å². The fourth-order valence-corrected chi connectivity index (χ4v) is 6.81. The molecular weight excluding hydrogens is 534 g/mol. The van der Waals surface area contributed by atoms with Gasteiger partial charge in [-0.25, -0.2) is 9.97 Å². The van der Waals surface area contributed by atoms with Crippen LogP contribution in [0.25, 0.3) is 10.2 Å². The Morgan fingerprint density at radius 3 is 2.90 bits per heavy atom. The van der Waals surface area contributed by atoms with Crippen LogP contribution in [0.2, 0.25) is 0 Å². The van der Waals surface area contributed by atoms with Crippen molar-refractivity contribution in [2.45, 2.75) is 38.5 Å². The second kappa shape index (κ2) is 12.5. The first-order valence-corrected chi connectivity index (χ1v) is 15.0. The average molecular weight is 571 g/mol. The van der Waals surface area contributed by atoms with E-state index in [4.69, 9.17) is 27.5 Å². The lowest BCUT2D eigenvalue weighted by Gasteiger charge is -2.33. The van der Waals surface area contributed by atoms with E-state index in [0.29, 0.717) is 47.7 Å². The topological polar surface area (TPSA) is 122 Å². The molecule has 5 rings (SSSR count). The monoisotopic (exact) mass is 570 g/mol. The largest absolute Gasteiger partial charge is 0.491 e. The Labute approximate surface area is 238 Å². The number of rotatable bonds is 10. The van der Waals surface area contributed by atoms with Crippen LogP contribution in [0.3, 0.4) is 0 Å². The summed E-state index contributed by atoms with van der Waals surface area (Å²) in [7, 11) is 2.11. The second-order valence-electron chi connectivity index (χ2n) is 10.4. The van der Waals surface area contributed by atoms with Gasteiger partial charge in [-0.05, 0) is 56.7 Å². The first-order chi connectivity index (χ1) is 19.0. The maximum Gasteiger partial charge on any atom is 0.222 e. The summed E-state index contributed by atoms with van der Waals surface area (Å²) in [5.41, 5.74) is 9.49. The van der Waals surface area contributed by atoms with Gasteiger partial charge in [0.25, 0.3) is 0 Å². The van der Waals surface area contributed by atoms with Crippen molar-refractivity contribution in [3.8, 4) is 5.75 Å². The third-order valence-corrected chi connectivity index (χ3v) is 9.15. The van der Waals surface area contributed by atoms with E-state index in [-0.39, 0.29) is 0 Å². The van der Waals surface area contributed by atoms with Crippen LogP contribution in [0, 0.1) is 5.92 Å². The molecule has 2 aromatic heterocycles. The standard InChI is InChI=1S/C28H36ClN7O2S/c1-35-8-10-36(11-9-35)25(37)6-4-18-3-5-20-24(13-18)39-28-26(20)27(32-17-33-28)34-22-14-19(16-30)21(31)15-23(22)38-12-2-7-29/h14-18,30H,2-13,31H2,1H3,(H,32,33,34)/p+1.